The molecule has 31 heteroatoms. The number of ether oxygens (including phenoxy) is 1. The quantitative estimate of drug-likeness (QED) is 0.0430. The molecule has 0 aromatic carbocycles. The minimum absolute atomic E-state index is 0.00878. The number of nitrogens with two attached hydrogens (primary N) is 1. The van der Waals surface area contributed by atoms with Crippen molar-refractivity contribution in [1.82, 2.24) is 30.2 Å². The summed E-state index contributed by atoms with van der Waals surface area (Å²) in [5.41, 5.74) is 4.17. The number of aliphatic carboxylic acids is 1. The molecule has 1 saturated heterocycles. The smallest absolute Gasteiger partial charge is 0.481 e. The molecule has 1 aliphatic heterocycles. The van der Waals surface area contributed by atoms with Crippen molar-refractivity contribution in [3.63, 3.8) is 0 Å². The molecule has 328 valence electrons. The van der Waals surface area contributed by atoms with Gasteiger partial charge in [0.2, 0.25) is 16.9 Å². The minimum Gasteiger partial charge on any atom is -0.481 e. The Kier molecular flexibility index (Phi) is 17.4. The molecule has 0 bridgehead atoms. The number of nitrogens with zero attached hydrogens (tertiary/aromatic N) is 4. The third-order valence-electron chi connectivity index (χ3n) is 8.02. The van der Waals surface area contributed by atoms with E-state index in [4.69, 9.17) is 24.6 Å². The van der Waals surface area contributed by atoms with Crippen molar-refractivity contribution < 1.29 is 95.5 Å². The second-order valence-electron chi connectivity index (χ2n) is 13.3. The number of hydrogen-bond acceptors (Lipinski definition) is 20. The molecule has 5 unspecified atom stereocenters. The largest absolute Gasteiger partial charge is 0.481 e. The van der Waals surface area contributed by atoms with Crippen LogP contribution in [-0.2, 0) is 55.5 Å². The zero-order chi connectivity index (χ0) is 43.8. The van der Waals surface area contributed by atoms with Crippen molar-refractivity contribution in [2.24, 2.45) is 11.3 Å². The number of carbonyl (C=O) groups excluding carboxylic acids is 3. The number of aromatic nitrogens is 4. The fourth-order valence-corrected chi connectivity index (χ4v) is 8.62. The molecule has 0 spiro atoms. The van der Waals surface area contributed by atoms with E-state index in [1.165, 1.54) is 20.8 Å². The third-order valence-corrected chi connectivity index (χ3v) is 12.1. The number of phosphoric ester groups is 3. The summed E-state index contributed by atoms with van der Waals surface area (Å²) in [4.78, 5) is 98.2. The SMILES string of the molecule is CC(CC(=O)O)C(O)C(=O)SCCNC(=O)CCNC(=O)C(O)C(C)(C)COP(=O)(O)OP(=O)(O)OC[C@H]1O[C@@H](n2cnc3c(N)ncnc32)[C@H](O)[C@@H]1OP(=O)(O)O. The highest BCUT2D eigenvalue weighted by molar-refractivity contribution is 8.13. The van der Waals surface area contributed by atoms with Crippen LogP contribution >= 0.6 is 35.2 Å². The number of aliphatic hydroxyl groups is 3. The lowest BCUT2D eigenvalue weighted by Crippen LogP contribution is -2.46. The number of imidazole rings is 1. The van der Waals surface area contributed by atoms with E-state index in [0.29, 0.717) is 11.8 Å². The standard InChI is InChI=1S/C27H44N7O20P3S/c1-13(8-16(36)37)18(38)26(42)58-7-6-29-15(35)4-5-30-24(41)21(40)27(2,3)10-51-57(48,49)54-56(46,47)50-9-14-20(53-55(43,44)45)19(39)25(52-14)34-12-33-17-22(28)31-11-32-23(17)34/h11-14,18-21,25,38-40H,4-10H2,1-3H3,(H,29,35)(H,30,41)(H,36,37)(H,46,47)(H,48,49)(H2,28,31,32)(H2,43,44,45)/t13?,14-,18?,19-,20-,21?,25-/m1/s1. The topological polar surface area (TPSA) is 421 Å². The molecule has 12 N–H and O–H groups in total. The zero-order valence-corrected chi connectivity index (χ0v) is 34.2. The van der Waals surface area contributed by atoms with Crippen LogP contribution in [0.5, 0.6) is 0 Å². The number of carbonyl (C=O) groups is 4. The second-order valence-corrected chi connectivity index (χ2v) is 18.6. The molecule has 27 nitrogen and oxygen atoms in total. The summed E-state index contributed by atoms with van der Waals surface area (Å²) in [5.74, 6) is -3.59. The van der Waals surface area contributed by atoms with Gasteiger partial charge in [-0.3, -0.25) is 37.3 Å². The van der Waals surface area contributed by atoms with Gasteiger partial charge in [0.25, 0.3) is 0 Å². The number of carboxylic acids is 1. The Hall–Kier alpha value is -3.01. The molecule has 2 amide bonds. The van der Waals surface area contributed by atoms with Gasteiger partial charge >= 0.3 is 29.4 Å². The van der Waals surface area contributed by atoms with Gasteiger partial charge in [-0.2, -0.15) is 4.31 Å². The van der Waals surface area contributed by atoms with Crippen LogP contribution in [0.3, 0.4) is 0 Å². The number of anilines is 1. The Labute approximate surface area is 332 Å². The fourth-order valence-electron chi connectivity index (χ4n) is 4.99. The average molecular weight is 912 g/mol. The molecule has 3 rings (SSSR count). The minimum atomic E-state index is -5.60. The van der Waals surface area contributed by atoms with E-state index < -0.39 is 114 Å². The van der Waals surface area contributed by atoms with E-state index in [1.807, 2.05) is 0 Å². The summed E-state index contributed by atoms with van der Waals surface area (Å²) in [6, 6.07) is 0. The van der Waals surface area contributed by atoms with Gasteiger partial charge in [0.05, 0.1) is 26.0 Å². The first-order valence-electron chi connectivity index (χ1n) is 16.7. The summed E-state index contributed by atoms with van der Waals surface area (Å²) in [5, 5.41) is 44.2. The number of nitrogens with one attached hydrogen (secondary N) is 2. The van der Waals surface area contributed by atoms with Crippen molar-refractivity contribution in [3.8, 4) is 0 Å². The molecule has 9 atom stereocenters. The van der Waals surface area contributed by atoms with Crippen molar-refractivity contribution >= 4 is 75.1 Å². The Morgan fingerprint density at radius 3 is 2.33 bits per heavy atom. The molecule has 58 heavy (non-hydrogen) atoms. The van der Waals surface area contributed by atoms with Gasteiger partial charge in [0, 0.05) is 36.6 Å². The molecular formula is C27H44N7O20P3S. The van der Waals surface area contributed by atoms with Gasteiger partial charge in [0.1, 0.15) is 42.4 Å². The van der Waals surface area contributed by atoms with Gasteiger partial charge in [-0.15, -0.1) is 0 Å². The van der Waals surface area contributed by atoms with Crippen LogP contribution in [0.25, 0.3) is 11.2 Å². The molecular weight excluding hydrogens is 867 g/mol. The lowest BCUT2D eigenvalue weighted by atomic mass is 9.87. The summed E-state index contributed by atoms with van der Waals surface area (Å²) in [6.45, 7) is 1.44. The van der Waals surface area contributed by atoms with Gasteiger partial charge in [0.15, 0.2) is 17.7 Å². The second kappa shape index (κ2) is 20.5. The summed E-state index contributed by atoms with van der Waals surface area (Å²) >= 11 is 0.691. The predicted octanol–water partition coefficient (Wildman–Crippen LogP) is -1.86. The van der Waals surface area contributed by atoms with Crippen LogP contribution in [-0.4, -0.2) is 145 Å². The van der Waals surface area contributed by atoms with Crippen molar-refractivity contribution in [1.29, 1.82) is 0 Å². The van der Waals surface area contributed by atoms with Crippen molar-refractivity contribution in [2.45, 2.75) is 70.4 Å². The predicted molar refractivity (Wildman–Crippen MR) is 195 cm³/mol. The molecule has 2 aromatic rings. The highest BCUT2D eigenvalue weighted by Gasteiger charge is 2.50. The van der Waals surface area contributed by atoms with Crippen molar-refractivity contribution in [3.05, 3.63) is 12.7 Å². The monoisotopic (exact) mass is 911 g/mol. The summed E-state index contributed by atoms with van der Waals surface area (Å²) < 4.78 is 62.0. The lowest BCUT2D eigenvalue weighted by molar-refractivity contribution is -0.139. The van der Waals surface area contributed by atoms with Crippen LogP contribution in [0.2, 0.25) is 0 Å². The summed E-state index contributed by atoms with van der Waals surface area (Å²) in [6.07, 6.45) is -9.11. The highest BCUT2D eigenvalue weighted by atomic mass is 32.2. The van der Waals surface area contributed by atoms with Gasteiger partial charge in [-0.05, 0) is 0 Å². The number of carboxylic acid groups (broad SMARTS) is 1. The molecule has 1 aliphatic rings. The number of rotatable bonds is 23. The molecule has 0 saturated carbocycles. The fraction of sp³-hybridized carbons (Fsp3) is 0.667. The maximum Gasteiger partial charge on any atom is 0.481 e. The third kappa shape index (κ3) is 14.6. The maximum atomic E-state index is 12.7. The van der Waals surface area contributed by atoms with Crippen LogP contribution in [0, 0.1) is 11.3 Å². The van der Waals surface area contributed by atoms with Crippen molar-refractivity contribution in [2.75, 3.05) is 37.8 Å². The average Bonchev–Trinajstić information content (AvgIpc) is 3.67. The Bertz CT molecular complexity index is 1930. The Morgan fingerprint density at radius 1 is 1.03 bits per heavy atom. The number of nitrogen functional groups attached to an aromatic ring is 1. The van der Waals surface area contributed by atoms with E-state index >= 15 is 0 Å². The van der Waals surface area contributed by atoms with Crippen LogP contribution in [0.1, 0.15) is 39.8 Å². The molecule has 1 fully saturated rings. The Balaban J connectivity index is 1.47. The first kappa shape index (κ1) is 49.4. The maximum absolute atomic E-state index is 12.7. The number of fused-ring (bicyclic) bond motifs is 1. The summed E-state index contributed by atoms with van der Waals surface area (Å²) in [7, 11) is -16.5. The van der Waals surface area contributed by atoms with Crippen LogP contribution < -0.4 is 16.4 Å². The molecule has 3 heterocycles. The van der Waals surface area contributed by atoms with E-state index in [9.17, 15) is 67.8 Å². The van der Waals surface area contributed by atoms with Crippen LogP contribution in [0.15, 0.2) is 12.7 Å². The highest BCUT2D eigenvalue weighted by Crippen LogP contribution is 2.61. The number of aliphatic hydroxyl groups excluding tert-OH is 3. The molecule has 0 aliphatic carbocycles. The normalized spacial score (nSPS) is 22.4. The van der Waals surface area contributed by atoms with Gasteiger partial charge in [-0.1, -0.05) is 32.5 Å². The van der Waals surface area contributed by atoms with E-state index in [2.05, 4.69) is 34.4 Å². The number of thioether (sulfide) groups is 1. The van der Waals surface area contributed by atoms with E-state index in [0.717, 1.165) is 17.2 Å². The molecule has 0 radical (unpaired) electrons. The number of phosphoric acid groups is 3. The number of hydrogen-bond donors (Lipinski definition) is 11. The van der Waals surface area contributed by atoms with Crippen LogP contribution in [0.4, 0.5) is 5.82 Å². The van der Waals surface area contributed by atoms with Gasteiger partial charge < -0.3 is 61.1 Å². The Morgan fingerprint density at radius 2 is 1.69 bits per heavy atom. The zero-order valence-electron chi connectivity index (χ0n) is 30.7. The van der Waals surface area contributed by atoms with E-state index in [-0.39, 0.29) is 42.2 Å². The van der Waals surface area contributed by atoms with Gasteiger partial charge in [-0.25, -0.2) is 28.6 Å². The first-order chi connectivity index (χ1) is 26.7. The first-order valence-corrected chi connectivity index (χ1v) is 22.2. The number of amides is 2. The van der Waals surface area contributed by atoms with E-state index in [1.54, 1.807) is 0 Å². The molecule has 2 aromatic heterocycles. The lowest BCUT2D eigenvalue weighted by Gasteiger charge is -2.30.